The van der Waals surface area contributed by atoms with Crippen LogP contribution in [0.5, 0.6) is 0 Å². The molecule has 12 heteroatoms. The maximum Gasteiger partial charge on any atom is 0.417 e. The molecule has 0 spiro atoms. The molecule has 0 aromatic carbocycles. The van der Waals surface area contributed by atoms with Crippen LogP contribution in [-0.4, -0.2) is 40.4 Å². The molecule has 3 aromatic heterocycles. The molecular weight excluding hydrogens is 507 g/mol. The quantitative estimate of drug-likeness (QED) is 0.491. The van der Waals surface area contributed by atoms with Crippen molar-refractivity contribution in [2.45, 2.75) is 50.6 Å². The van der Waals surface area contributed by atoms with E-state index >= 15 is 0 Å². The van der Waals surface area contributed by atoms with E-state index in [2.05, 4.69) is 25.2 Å². The number of aromatic nitrogens is 3. The fourth-order valence-corrected chi connectivity index (χ4v) is 4.88. The molecule has 0 saturated carbocycles. The fourth-order valence-electron chi connectivity index (χ4n) is 4.32. The Balaban J connectivity index is 1.45. The van der Waals surface area contributed by atoms with Gasteiger partial charge in [-0.05, 0) is 41.8 Å². The van der Waals surface area contributed by atoms with E-state index in [1.54, 1.807) is 6.07 Å². The second-order valence-corrected chi connectivity index (χ2v) is 11.4. The van der Waals surface area contributed by atoms with Gasteiger partial charge in [-0.1, -0.05) is 13.8 Å². The van der Waals surface area contributed by atoms with Crippen molar-refractivity contribution < 1.29 is 26.4 Å². The van der Waals surface area contributed by atoms with E-state index < -0.39 is 21.6 Å². The van der Waals surface area contributed by atoms with Crippen molar-refractivity contribution in [3.8, 4) is 0 Å². The maximum absolute atomic E-state index is 12.9. The summed E-state index contributed by atoms with van der Waals surface area (Å²) < 4.78 is 61.7. The lowest BCUT2D eigenvalue weighted by atomic mass is 9.99. The Morgan fingerprint density at radius 3 is 2.35 bits per heavy atom. The lowest BCUT2D eigenvalue weighted by Gasteiger charge is -2.27. The Hall–Kier alpha value is -3.38. The van der Waals surface area contributed by atoms with Gasteiger partial charge in [0.25, 0.3) is 5.91 Å². The highest BCUT2D eigenvalue weighted by Gasteiger charge is 2.35. The van der Waals surface area contributed by atoms with Gasteiger partial charge < -0.3 is 5.32 Å². The predicted octanol–water partition coefficient (Wildman–Crippen LogP) is 3.94. The smallest absolute Gasteiger partial charge is 0.346 e. The van der Waals surface area contributed by atoms with Crippen LogP contribution >= 0.6 is 0 Å². The average Bonchev–Trinajstić information content (AvgIpc) is 3.19. The molecule has 0 fully saturated rings. The summed E-state index contributed by atoms with van der Waals surface area (Å²) in [4.78, 5) is 27.6. The molecule has 1 N–H and O–H groups in total. The minimum absolute atomic E-state index is 0.0752. The molecule has 0 aliphatic carbocycles. The number of nitrogens with zero attached hydrogens (tertiary/aromatic N) is 4. The van der Waals surface area contributed by atoms with Crippen LogP contribution in [0, 0.1) is 5.92 Å². The molecule has 196 valence electrons. The fraction of sp³-hybridized carbons (Fsp3) is 0.360. The molecule has 1 aliphatic rings. The Labute approximate surface area is 212 Å². The predicted molar refractivity (Wildman–Crippen MR) is 129 cm³/mol. The number of nitrogens with one attached hydrogen (secondary N) is 1. The van der Waals surface area contributed by atoms with Crippen LogP contribution in [0.15, 0.2) is 53.8 Å². The maximum atomic E-state index is 12.9. The van der Waals surface area contributed by atoms with Crippen LogP contribution < -0.4 is 5.32 Å². The highest BCUT2D eigenvalue weighted by molar-refractivity contribution is 7.90. The number of carbonyl (C=O) groups excluding carboxylic acids is 1. The first-order valence-corrected chi connectivity index (χ1v) is 13.4. The molecular formula is C25H26F3N5O3S. The van der Waals surface area contributed by atoms with E-state index in [0.717, 1.165) is 29.8 Å². The molecule has 4 rings (SSSR count). The van der Waals surface area contributed by atoms with Crippen molar-refractivity contribution in [1.29, 1.82) is 0 Å². The van der Waals surface area contributed by atoms with Gasteiger partial charge in [-0.25, -0.2) is 8.42 Å². The third kappa shape index (κ3) is 6.13. The standard InChI is InChI=1S/C25H26F3N5O3S/c1-15(2)23-22-17(13-33(23)14-20-5-4-18(10-29-20)25(26,27)28)8-16(9-31-22)24(34)32-11-19-6-7-21(12-30-19)37(3,35)36/h4-10,12,15,23H,11,13-14H2,1-3H3,(H,32,34)/t23-/m0/s1. The van der Waals surface area contributed by atoms with E-state index in [0.29, 0.717) is 30.0 Å². The van der Waals surface area contributed by atoms with Gasteiger partial charge >= 0.3 is 6.18 Å². The van der Waals surface area contributed by atoms with Crippen molar-refractivity contribution in [2.24, 2.45) is 5.92 Å². The minimum Gasteiger partial charge on any atom is -0.346 e. The highest BCUT2D eigenvalue weighted by Crippen LogP contribution is 2.38. The number of alkyl halides is 3. The van der Waals surface area contributed by atoms with Crippen molar-refractivity contribution in [3.05, 3.63) is 82.7 Å². The van der Waals surface area contributed by atoms with Gasteiger partial charge in [0.05, 0.1) is 45.7 Å². The monoisotopic (exact) mass is 533 g/mol. The molecule has 0 bridgehead atoms. The summed E-state index contributed by atoms with van der Waals surface area (Å²) in [5.41, 5.74) is 2.29. The number of halogens is 3. The lowest BCUT2D eigenvalue weighted by molar-refractivity contribution is -0.137. The van der Waals surface area contributed by atoms with E-state index in [4.69, 9.17) is 0 Å². The van der Waals surface area contributed by atoms with Crippen LogP contribution in [0.25, 0.3) is 0 Å². The van der Waals surface area contributed by atoms with Crippen LogP contribution in [0.3, 0.4) is 0 Å². The second-order valence-electron chi connectivity index (χ2n) is 9.34. The largest absolute Gasteiger partial charge is 0.417 e. The third-order valence-corrected chi connectivity index (χ3v) is 7.21. The summed E-state index contributed by atoms with van der Waals surface area (Å²) in [6, 6.07) is 7.08. The van der Waals surface area contributed by atoms with Gasteiger partial charge in [-0.2, -0.15) is 13.2 Å². The Morgan fingerprint density at radius 2 is 1.78 bits per heavy atom. The second kappa shape index (κ2) is 10.2. The zero-order chi connectivity index (χ0) is 27.0. The first-order chi connectivity index (χ1) is 17.3. The number of fused-ring (bicyclic) bond motifs is 1. The van der Waals surface area contributed by atoms with E-state index in [1.165, 1.54) is 30.6 Å². The normalized spacial score (nSPS) is 16.1. The Bertz CT molecular complexity index is 1390. The summed E-state index contributed by atoms with van der Waals surface area (Å²) in [6.45, 7) is 5.01. The molecule has 0 unspecified atom stereocenters. The van der Waals surface area contributed by atoms with E-state index in [1.807, 2.05) is 13.8 Å². The highest BCUT2D eigenvalue weighted by atomic mass is 32.2. The van der Waals surface area contributed by atoms with Gasteiger partial charge in [-0.15, -0.1) is 0 Å². The number of pyridine rings is 3. The topological polar surface area (TPSA) is 105 Å². The lowest BCUT2D eigenvalue weighted by Crippen LogP contribution is -2.26. The zero-order valence-electron chi connectivity index (χ0n) is 20.5. The first kappa shape index (κ1) is 26.7. The Kier molecular flexibility index (Phi) is 7.33. The van der Waals surface area contributed by atoms with Crippen molar-refractivity contribution in [2.75, 3.05) is 6.26 Å². The van der Waals surface area contributed by atoms with Crippen molar-refractivity contribution >= 4 is 15.7 Å². The summed E-state index contributed by atoms with van der Waals surface area (Å²) in [5, 5.41) is 2.76. The molecule has 8 nitrogen and oxygen atoms in total. The number of rotatable bonds is 7. The summed E-state index contributed by atoms with van der Waals surface area (Å²) in [6.07, 6.45) is 0.251. The minimum atomic E-state index is -4.44. The van der Waals surface area contributed by atoms with Gasteiger partial charge in [-0.3, -0.25) is 24.6 Å². The SMILES string of the molecule is CC(C)[C@H]1c2ncc(C(=O)NCc3ccc(S(C)(=O)=O)cn3)cc2CN1Cc1ccc(C(F)(F)F)cn1. The molecule has 1 amide bonds. The third-order valence-electron chi connectivity index (χ3n) is 6.12. The van der Waals surface area contributed by atoms with Gasteiger partial charge in [0, 0.05) is 37.9 Å². The molecule has 37 heavy (non-hydrogen) atoms. The number of amides is 1. The zero-order valence-corrected chi connectivity index (χ0v) is 21.3. The number of hydrogen-bond acceptors (Lipinski definition) is 7. The van der Waals surface area contributed by atoms with Gasteiger partial charge in [0.2, 0.25) is 0 Å². The first-order valence-electron chi connectivity index (χ1n) is 11.5. The van der Waals surface area contributed by atoms with Crippen LogP contribution in [0.1, 0.15) is 58.5 Å². The molecule has 0 saturated heterocycles. The number of hydrogen-bond donors (Lipinski definition) is 1. The molecule has 4 heterocycles. The van der Waals surface area contributed by atoms with E-state index in [-0.39, 0.29) is 29.3 Å². The van der Waals surface area contributed by atoms with Crippen LogP contribution in [0.2, 0.25) is 0 Å². The molecule has 0 radical (unpaired) electrons. The number of carbonyl (C=O) groups is 1. The molecule has 3 aromatic rings. The van der Waals surface area contributed by atoms with Gasteiger partial charge in [0.15, 0.2) is 9.84 Å². The molecule has 1 atom stereocenters. The van der Waals surface area contributed by atoms with Crippen LogP contribution in [0.4, 0.5) is 13.2 Å². The summed E-state index contributed by atoms with van der Waals surface area (Å²) in [5.74, 6) is -0.183. The van der Waals surface area contributed by atoms with Crippen molar-refractivity contribution in [1.82, 2.24) is 25.2 Å². The average molecular weight is 534 g/mol. The van der Waals surface area contributed by atoms with Crippen LogP contribution in [-0.2, 0) is 35.6 Å². The van der Waals surface area contributed by atoms with E-state index in [9.17, 15) is 26.4 Å². The Morgan fingerprint density at radius 1 is 1.08 bits per heavy atom. The summed E-state index contributed by atoms with van der Waals surface area (Å²) >= 11 is 0. The summed E-state index contributed by atoms with van der Waals surface area (Å²) in [7, 11) is -3.35. The van der Waals surface area contributed by atoms with Gasteiger partial charge in [0.1, 0.15) is 0 Å². The molecule has 1 aliphatic heterocycles. The number of sulfone groups is 1. The van der Waals surface area contributed by atoms with Crippen molar-refractivity contribution in [3.63, 3.8) is 0 Å².